The highest BCUT2D eigenvalue weighted by molar-refractivity contribution is 9.10. The predicted molar refractivity (Wildman–Crippen MR) is 146 cm³/mol. The fourth-order valence-corrected chi connectivity index (χ4v) is 5.37. The number of rotatable bonds is 6. The van der Waals surface area contributed by atoms with Gasteiger partial charge in [0, 0.05) is 10.0 Å². The number of hydrogen-bond donors (Lipinski definition) is 1. The van der Waals surface area contributed by atoms with Gasteiger partial charge in [0.15, 0.2) is 0 Å². The molecule has 186 valence electrons. The first-order valence-electron chi connectivity index (χ1n) is 11.5. The summed E-state index contributed by atoms with van der Waals surface area (Å²) in [5, 5.41) is 20.4. The number of benzene rings is 3. The van der Waals surface area contributed by atoms with Gasteiger partial charge in [-0.2, -0.15) is 0 Å². The van der Waals surface area contributed by atoms with Crippen LogP contribution < -0.4 is 9.64 Å². The van der Waals surface area contributed by atoms with Crippen molar-refractivity contribution >= 4 is 49.8 Å². The molecule has 1 aliphatic heterocycles. The SMILES string of the molecule is Cc1cccc(COc2ccc(C(O)=C3C(=O)C(=O)N(c4nnc(C)s4)[C@@H]3c3cccc(Br)c3)cc2)c1. The molecule has 1 fully saturated rings. The van der Waals surface area contributed by atoms with Gasteiger partial charge >= 0.3 is 5.91 Å². The fraction of sp³-hybridized carbons (Fsp3) is 0.143. The van der Waals surface area contributed by atoms with Crippen molar-refractivity contribution in [1.82, 2.24) is 10.2 Å². The highest BCUT2D eigenvalue weighted by atomic mass is 79.9. The van der Waals surface area contributed by atoms with Crippen molar-refractivity contribution in [2.45, 2.75) is 26.5 Å². The zero-order valence-electron chi connectivity index (χ0n) is 20.0. The minimum atomic E-state index is -0.859. The Morgan fingerprint density at radius 2 is 1.78 bits per heavy atom. The maximum Gasteiger partial charge on any atom is 0.301 e. The number of ether oxygens (including phenoxy) is 1. The molecule has 1 N–H and O–H groups in total. The first-order chi connectivity index (χ1) is 17.8. The number of aliphatic hydroxyl groups is 1. The number of hydrogen-bond acceptors (Lipinski definition) is 7. The standard InChI is InChI=1S/C28H22BrN3O4S/c1-16-5-3-6-18(13-16)15-36-22-11-9-19(10-12-22)25(33)23-24(20-7-4-8-21(29)14-20)32(27(35)26(23)34)28-31-30-17(2)37-28/h3-14,24,33H,15H2,1-2H3/t24-/m1/s1. The normalized spacial score (nSPS) is 16.8. The van der Waals surface area contributed by atoms with Crippen LogP contribution in [0.3, 0.4) is 0 Å². The summed E-state index contributed by atoms with van der Waals surface area (Å²) in [6, 6.07) is 21.3. The zero-order valence-corrected chi connectivity index (χ0v) is 22.4. The van der Waals surface area contributed by atoms with Crippen LogP contribution in [0.25, 0.3) is 5.76 Å². The average molecular weight is 576 g/mol. The van der Waals surface area contributed by atoms with Gasteiger partial charge in [0.25, 0.3) is 5.78 Å². The Hall–Kier alpha value is -3.82. The summed E-state index contributed by atoms with van der Waals surface area (Å²) >= 11 is 4.67. The van der Waals surface area contributed by atoms with E-state index >= 15 is 0 Å². The first-order valence-corrected chi connectivity index (χ1v) is 13.1. The van der Waals surface area contributed by atoms with Crippen molar-refractivity contribution < 1.29 is 19.4 Å². The van der Waals surface area contributed by atoms with Gasteiger partial charge < -0.3 is 9.84 Å². The quantitative estimate of drug-likeness (QED) is 0.169. The molecule has 37 heavy (non-hydrogen) atoms. The van der Waals surface area contributed by atoms with E-state index in [9.17, 15) is 14.7 Å². The van der Waals surface area contributed by atoms with E-state index in [2.05, 4.69) is 32.2 Å². The summed E-state index contributed by atoms with van der Waals surface area (Å²) in [6.07, 6.45) is 0. The van der Waals surface area contributed by atoms with Gasteiger partial charge in [-0.1, -0.05) is 69.2 Å². The highest BCUT2D eigenvalue weighted by Crippen LogP contribution is 2.43. The van der Waals surface area contributed by atoms with Crippen LogP contribution in [-0.2, 0) is 16.2 Å². The van der Waals surface area contributed by atoms with Gasteiger partial charge in [0.2, 0.25) is 5.13 Å². The van der Waals surface area contributed by atoms with Gasteiger partial charge in [0.1, 0.15) is 23.1 Å². The minimum absolute atomic E-state index is 0.00983. The lowest BCUT2D eigenvalue weighted by atomic mass is 9.95. The van der Waals surface area contributed by atoms with E-state index in [0.29, 0.717) is 33.6 Å². The number of nitrogens with zero attached hydrogens (tertiary/aromatic N) is 3. The maximum atomic E-state index is 13.2. The molecule has 9 heteroatoms. The Balaban J connectivity index is 1.50. The lowest BCUT2D eigenvalue weighted by Crippen LogP contribution is -2.29. The summed E-state index contributed by atoms with van der Waals surface area (Å²) in [4.78, 5) is 27.7. The zero-order chi connectivity index (χ0) is 26.1. The van der Waals surface area contributed by atoms with Crippen LogP contribution in [0.1, 0.15) is 33.3 Å². The molecule has 0 spiro atoms. The molecule has 1 aromatic heterocycles. The Labute approximate surface area is 226 Å². The lowest BCUT2D eigenvalue weighted by molar-refractivity contribution is -0.132. The van der Waals surface area contributed by atoms with Crippen molar-refractivity contribution in [3.05, 3.63) is 110 Å². The number of aliphatic hydroxyl groups excluding tert-OH is 1. The smallest absolute Gasteiger partial charge is 0.301 e. The summed E-state index contributed by atoms with van der Waals surface area (Å²) < 4.78 is 6.66. The van der Waals surface area contributed by atoms with Crippen LogP contribution >= 0.6 is 27.3 Å². The Bertz CT molecular complexity index is 1530. The van der Waals surface area contributed by atoms with Crippen LogP contribution in [-0.4, -0.2) is 27.0 Å². The van der Waals surface area contributed by atoms with E-state index in [4.69, 9.17) is 4.74 Å². The molecule has 1 amide bonds. The second-order valence-electron chi connectivity index (χ2n) is 8.63. The summed E-state index contributed by atoms with van der Waals surface area (Å²) in [6.45, 7) is 4.20. The third-order valence-corrected chi connectivity index (χ3v) is 7.28. The Kier molecular flexibility index (Phi) is 6.90. The average Bonchev–Trinajstić information content (AvgIpc) is 3.43. The minimum Gasteiger partial charge on any atom is -0.507 e. The Morgan fingerprint density at radius 1 is 1.03 bits per heavy atom. The lowest BCUT2D eigenvalue weighted by Gasteiger charge is -2.22. The Morgan fingerprint density at radius 3 is 2.46 bits per heavy atom. The number of halogens is 1. The molecule has 4 aromatic rings. The van der Waals surface area contributed by atoms with Crippen molar-refractivity contribution in [1.29, 1.82) is 0 Å². The number of Topliss-reactive ketones (excluding diaryl/α,β-unsaturated/α-hetero) is 1. The molecule has 0 radical (unpaired) electrons. The number of carbonyl (C=O) groups is 2. The molecule has 1 aliphatic rings. The summed E-state index contributed by atoms with van der Waals surface area (Å²) in [5.41, 5.74) is 3.24. The number of aromatic nitrogens is 2. The maximum absolute atomic E-state index is 13.2. The molecule has 3 aromatic carbocycles. The molecule has 2 heterocycles. The number of aryl methyl sites for hydroxylation is 2. The molecule has 0 saturated carbocycles. The van der Waals surface area contributed by atoms with Crippen LogP contribution in [0.5, 0.6) is 5.75 Å². The predicted octanol–water partition coefficient (Wildman–Crippen LogP) is 6.12. The van der Waals surface area contributed by atoms with Crippen molar-refractivity contribution in [2.75, 3.05) is 4.90 Å². The summed E-state index contributed by atoms with van der Waals surface area (Å²) in [5.74, 6) is -1.19. The number of ketones is 1. The van der Waals surface area contributed by atoms with E-state index in [0.717, 1.165) is 15.6 Å². The molecule has 0 aliphatic carbocycles. The summed E-state index contributed by atoms with van der Waals surface area (Å²) in [7, 11) is 0. The van der Waals surface area contributed by atoms with Gasteiger partial charge in [-0.3, -0.25) is 14.5 Å². The fourth-order valence-electron chi connectivity index (χ4n) is 4.24. The van der Waals surface area contributed by atoms with E-state index in [1.165, 1.54) is 16.2 Å². The van der Waals surface area contributed by atoms with E-state index < -0.39 is 17.7 Å². The topological polar surface area (TPSA) is 92.6 Å². The molecule has 5 rings (SSSR count). The van der Waals surface area contributed by atoms with E-state index in [1.54, 1.807) is 37.3 Å². The number of amides is 1. The molecule has 0 unspecified atom stereocenters. The molecule has 0 bridgehead atoms. The molecule has 1 saturated heterocycles. The largest absolute Gasteiger partial charge is 0.507 e. The van der Waals surface area contributed by atoms with E-state index in [-0.39, 0.29) is 11.3 Å². The molecular formula is C28H22BrN3O4S. The third-order valence-electron chi connectivity index (χ3n) is 5.95. The van der Waals surface area contributed by atoms with Gasteiger partial charge in [-0.05, 0) is 61.4 Å². The van der Waals surface area contributed by atoms with Crippen molar-refractivity contribution in [3.63, 3.8) is 0 Å². The molecular weight excluding hydrogens is 554 g/mol. The highest BCUT2D eigenvalue weighted by Gasteiger charge is 2.48. The van der Waals surface area contributed by atoms with Crippen LogP contribution in [0, 0.1) is 13.8 Å². The number of carbonyl (C=O) groups excluding carboxylic acids is 2. The second-order valence-corrected chi connectivity index (χ2v) is 10.7. The van der Waals surface area contributed by atoms with Crippen LogP contribution in [0.2, 0.25) is 0 Å². The van der Waals surface area contributed by atoms with Gasteiger partial charge in [-0.15, -0.1) is 10.2 Å². The van der Waals surface area contributed by atoms with E-state index in [1.807, 2.05) is 43.3 Å². The van der Waals surface area contributed by atoms with Gasteiger partial charge in [-0.25, -0.2) is 0 Å². The first kappa shape index (κ1) is 24.9. The molecule has 7 nitrogen and oxygen atoms in total. The van der Waals surface area contributed by atoms with Crippen molar-refractivity contribution in [3.8, 4) is 5.75 Å². The third kappa shape index (κ3) is 5.05. The van der Waals surface area contributed by atoms with Gasteiger partial charge in [0.05, 0.1) is 11.6 Å². The molecule has 1 atom stereocenters. The van der Waals surface area contributed by atoms with Crippen molar-refractivity contribution in [2.24, 2.45) is 0 Å². The number of anilines is 1. The second kappa shape index (κ2) is 10.3. The van der Waals surface area contributed by atoms with Crippen LogP contribution in [0.4, 0.5) is 5.13 Å². The monoisotopic (exact) mass is 575 g/mol. The van der Waals surface area contributed by atoms with Crippen LogP contribution in [0.15, 0.2) is 82.8 Å².